The van der Waals surface area contributed by atoms with E-state index in [0.29, 0.717) is 0 Å². The predicted molar refractivity (Wildman–Crippen MR) is 65.2 cm³/mol. The molecule has 0 aliphatic carbocycles. The number of benzene rings is 1. The van der Waals surface area contributed by atoms with Gasteiger partial charge in [-0.25, -0.2) is 4.79 Å². The molecule has 1 amide bonds. The number of nitro groups is 1. The molecule has 108 valence electrons. The van der Waals surface area contributed by atoms with Crippen LogP contribution in [0.2, 0.25) is 0 Å². The lowest BCUT2D eigenvalue weighted by Gasteiger charge is -2.12. The van der Waals surface area contributed by atoms with E-state index in [1.165, 1.54) is 24.3 Å². The molecular weight excluding hydrogens is 272 g/mol. The van der Waals surface area contributed by atoms with E-state index >= 15 is 0 Å². The van der Waals surface area contributed by atoms with Gasteiger partial charge in [-0.3, -0.25) is 14.9 Å². The first kappa shape index (κ1) is 15.4. The minimum Gasteiger partial charge on any atom is -0.480 e. The largest absolute Gasteiger partial charge is 0.480 e. The Morgan fingerprint density at radius 2 is 2.05 bits per heavy atom. The normalized spacial score (nSPS) is 11.4. The number of carboxylic acid groups (broad SMARTS) is 1. The molecule has 1 aromatic rings. The summed E-state index contributed by atoms with van der Waals surface area (Å²) in [6, 6.07) is 4.01. The first-order valence-electron chi connectivity index (χ1n) is 5.45. The Hall–Kier alpha value is -2.68. The fraction of sp³-hybridized carbons (Fsp3) is 0.273. The van der Waals surface area contributed by atoms with Gasteiger partial charge in [-0.1, -0.05) is 12.1 Å². The second-order valence-corrected chi connectivity index (χ2v) is 3.65. The lowest BCUT2D eigenvalue weighted by atomic mass is 10.3. The van der Waals surface area contributed by atoms with E-state index in [-0.39, 0.29) is 11.4 Å². The summed E-state index contributed by atoms with van der Waals surface area (Å²) in [6.07, 6.45) is 0. The third-order valence-corrected chi connectivity index (χ3v) is 2.24. The molecule has 0 aliphatic heterocycles. The maximum atomic E-state index is 11.4. The molecule has 0 saturated carbocycles. The number of nitrogens with one attached hydrogen (secondary N) is 1. The van der Waals surface area contributed by atoms with Crippen molar-refractivity contribution in [3.05, 3.63) is 34.4 Å². The standard InChI is InChI=1S/C11H12N2O7/c14-5-7(11(16)17)12-10(15)6-20-9-4-2-1-3-8(9)13(18)19/h1-4,7,14H,5-6H2,(H,12,15)(H,16,17)/t7-/m1/s1. The van der Waals surface area contributed by atoms with Crippen LogP contribution in [0.15, 0.2) is 24.3 Å². The Bertz CT molecular complexity index is 517. The zero-order valence-corrected chi connectivity index (χ0v) is 10.2. The van der Waals surface area contributed by atoms with E-state index in [9.17, 15) is 19.7 Å². The average molecular weight is 284 g/mol. The van der Waals surface area contributed by atoms with Crippen LogP contribution in [0.3, 0.4) is 0 Å². The first-order chi connectivity index (χ1) is 9.45. The number of aliphatic hydroxyl groups is 1. The zero-order chi connectivity index (χ0) is 15.1. The number of rotatable bonds is 7. The Morgan fingerprint density at radius 1 is 1.40 bits per heavy atom. The van der Waals surface area contributed by atoms with Gasteiger partial charge in [0, 0.05) is 6.07 Å². The fourth-order valence-electron chi connectivity index (χ4n) is 1.29. The Labute approximate surface area is 112 Å². The highest BCUT2D eigenvalue weighted by molar-refractivity contribution is 5.84. The van der Waals surface area contributed by atoms with Gasteiger partial charge in [0.25, 0.3) is 5.91 Å². The average Bonchev–Trinajstić information content (AvgIpc) is 2.42. The van der Waals surface area contributed by atoms with Crippen molar-refractivity contribution in [3.8, 4) is 5.75 Å². The monoisotopic (exact) mass is 284 g/mol. The molecule has 0 aromatic heterocycles. The molecule has 3 N–H and O–H groups in total. The molecule has 9 nitrogen and oxygen atoms in total. The van der Waals surface area contributed by atoms with Crippen LogP contribution in [0, 0.1) is 10.1 Å². The lowest BCUT2D eigenvalue weighted by molar-refractivity contribution is -0.385. The summed E-state index contributed by atoms with van der Waals surface area (Å²) >= 11 is 0. The molecule has 0 bridgehead atoms. The van der Waals surface area contributed by atoms with Gasteiger partial charge >= 0.3 is 11.7 Å². The van der Waals surface area contributed by atoms with Crippen LogP contribution in [0.25, 0.3) is 0 Å². The summed E-state index contributed by atoms with van der Waals surface area (Å²) in [7, 11) is 0. The molecule has 1 rings (SSSR count). The van der Waals surface area contributed by atoms with E-state index < -0.39 is 36.1 Å². The number of hydrogen-bond acceptors (Lipinski definition) is 6. The number of amides is 1. The van der Waals surface area contributed by atoms with E-state index in [1.54, 1.807) is 0 Å². The van der Waals surface area contributed by atoms with Crippen LogP contribution < -0.4 is 10.1 Å². The predicted octanol–water partition coefficient (Wildman–Crippen LogP) is -0.465. The SMILES string of the molecule is O=C(COc1ccccc1[N+](=O)[O-])N[C@H](CO)C(=O)O. The van der Waals surface area contributed by atoms with E-state index in [0.717, 1.165) is 0 Å². The molecule has 1 atom stereocenters. The second kappa shape index (κ2) is 7.04. The molecule has 0 heterocycles. The van der Waals surface area contributed by atoms with Gasteiger partial charge in [-0.15, -0.1) is 0 Å². The van der Waals surface area contributed by atoms with Crippen LogP contribution in [0.1, 0.15) is 0 Å². The second-order valence-electron chi connectivity index (χ2n) is 3.65. The zero-order valence-electron chi connectivity index (χ0n) is 10.2. The quantitative estimate of drug-likeness (QED) is 0.454. The first-order valence-corrected chi connectivity index (χ1v) is 5.45. The number of carboxylic acids is 1. The maximum Gasteiger partial charge on any atom is 0.328 e. The van der Waals surface area contributed by atoms with Crippen molar-refractivity contribution >= 4 is 17.6 Å². The third-order valence-electron chi connectivity index (χ3n) is 2.24. The number of ether oxygens (including phenoxy) is 1. The van der Waals surface area contributed by atoms with Gasteiger partial charge in [-0.2, -0.15) is 0 Å². The molecule has 0 saturated heterocycles. The number of carbonyl (C=O) groups is 2. The smallest absolute Gasteiger partial charge is 0.328 e. The molecule has 0 fully saturated rings. The van der Waals surface area contributed by atoms with Crippen molar-refractivity contribution < 1.29 is 29.5 Å². The summed E-state index contributed by atoms with van der Waals surface area (Å²) in [5, 5.41) is 30.0. The summed E-state index contributed by atoms with van der Waals surface area (Å²) in [4.78, 5) is 32.0. The van der Waals surface area contributed by atoms with Gasteiger partial charge in [0.05, 0.1) is 11.5 Å². The molecule has 0 spiro atoms. The van der Waals surface area contributed by atoms with Gasteiger partial charge in [0.2, 0.25) is 0 Å². The lowest BCUT2D eigenvalue weighted by Crippen LogP contribution is -2.45. The van der Waals surface area contributed by atoms with Crippen molar-refractivity contribution in [2.45, 2.75) is 6.04 Å². The van der Waals surface area contributed by atoms with Crippen molar-refractivity contribution in [2.75, 3.05) is 13.2 Å². The van der Waals surface area contributed by atoms with E-state index in [1.807, 2.05) is 5.32 Å². The Kier molecular flexibility index (Phi) is 5.42. The summed E-state index contributed by atoms with van der Waals surface area (Å²) in [5.41, 5.74) is -0.308. The molecule has 0 unspecified atom stereocenters. The molecule has 0 radical (unpaired) electrons. The number of hydrogen-bond donors (Lipinski definition) is 3. The van der Waals surface area contributed by atoms with Crippen molar-refractivity contribution in [2.24, 2.45) is 0 Å². The number of aliphatic hydroxyl groups excluding tert-OH is 1. The van der Waals surface area contributed by atoms with Crippen molar-refractivity contribution in [1.82, 2.24) is 5.32 Å². The topological polar surface area (TPSA) is 139 Å². The summed E-state index contributed by atoms with van der Waals surface area (Å²) in [5.74, 6) is -2.32. The minimum absolute atomic E-state index is 0.108. The highest BCUT2D eigenvalue weighted by Gasteiger charge is 2.20. The van der Waals surface area contributed by atoms with Crippen molar-refractivity contribution in [1.29, 1.82) is 0 Å². The van der Waals surface area contributed by atoms with Crippen LogP contribution in [0.5, 0.6) is 5.75 Å². The van der Waals surface area contributed by atoms with Gasteiger partial charge in [0.1, 0.15) is 6.04 Å². The number of aliphatic carboxylic acids is 1. The number of carbonyl (C=O) groups excluding carboxylic acids is 1. The van der Waals surface area contributed by atoms with Gasteiger partial charge in [-0.05, 0) is 6.07 Å². The highest BCUT2D eigenvalue weighted by atomic mass is 16.6. The van der Waals surface area contributed by atoms with Crippen LogP contribution in [-0.2, 0) is 9.59 Å². The molecule has 20 heavy (non-hydrogen) atoms. The number of nitrogens with zero attached hydrogens (tertiary/aromatic N) is 1. The fourth-order valence-corrected chi connectivity index (χ4v) is 1.29. The van der Waals surface area contributed by atoms with Crippen molar-refractivity contribution in [3.63, 3.8) is 0 Å². The van der Waals surface area contributed by atoms with Gasteiger partial charge < -0.3 is 20.3 Å². The molecule has 9 heteroatoms. The van der Waals surface area contributed by atoms with Crippen LogP contribution >= 0.6 is 0 Å². The van der Waals surface area contributed by atoms with E-state index in [4.69, 9.17) is 14.9 Å². The maximum absolute atomic E-state index is 11.4. The Morgan fingerprint density at radius 3 is 2.60 bits per heavy atom. The van der Waals surface area contributed by atoms with Crippen LogP contribution in [0.4, 0.5) is 5.69 Å². The summed E-state index contributed by atoms with van der Waals surface area (Å²) < 4.78 is 4.96. The number of nitro benzene ring substituents is 1. The molecule has 0 aliphatic rings. The number of para-hydroxylation sites is 2. The summed E-state index contributed by atoms with van der Waals surface area (Å²) in [6.45, 7) is -1.37. The minimum atomic E-state index is -1.45. The van der Waals surface area contributed by atoms with E-state index in [2.05, 4.69) is 0 Å². The third kappa shape index (κ3) is 4.21. The Balaban J connectivity index is 2.61. The van der Waals surface area contributed by atoms with Gasteiger partial charge in [0.15, 0.2) is 12.4 Å². The molecule has 1 aromatic carbocycles. The highest BCUT2D eigenvalue weighted by Crippen LogP contribution is 2.25. The molecular formula is C11H12N2O7. The van der Waals surface area contributed by atoms with Crippen LogP contribution in [-0.4, -0.2) is 46.3 Å².